The van der Waals surface area contributed by atoms with Crippen molar-refractivity contribution in [3.63, 3.8) is 0 Å². The van der Waals surface area contributed by atoms with Crippen molar-refractivity contribution < 1.29 is 4.79 Å². The molecule has 1 rings (SSSR count). The van der Waals surface area contributed by atoms with Gasteiger partial charge >= 0.3 is 0 Å². The smallest absolute Gasteiger partial charge is 0.230 e. The van der Waals surface area contributed by atoms with Gasteiger partial charge in [0.2, 0.25) is 5.91 Å². The maximum atomic E-state index is 11.8. The van der Waals surface area contributed by atoms with Gasteiger partial charge in [-0.3, -0.25) is 4.79 Å². The highest BCUT2D eigenvalue weighted by Crippen LogP contribution is 2.22. The standard InChI is InChI=1S/C16H26N2OS/c1-5-12(3)18-16(19)11-20-15-9-7-8-14(10-15)13(4)17-6-2/h7-10,12-13,17H,5-6,11H2,1-4H3,(H,18,19). The first-order valence-corrected chi connectivity index (χ1v) is 8.30. The molecule has 2 N–H and O–H groups in total. The first-order valence-electron chi connectivity index (χ1n) is 7.32. The van der Waals surface area contributed by atoms with Crippen molar-refractivity contribution in [3.05, 3.63) is 29.8 Å². The molecule has 20 heavy (non-hydrogen) atoms. The van der Waals surface area contributed by atoms with Gasteiger partial charge in [0, 0.05) is 17.0 Å². The van der Waals surface area contributed by atoms with E-state index in [1.807, 2.05) is 6.92 Å². The molecule has 1 amide bonds. The Labute approximate surface area is 126 Å². The molecule has 0 spiro atoms. The normalized spacial score (nSPS) is 13.8. The number of thioether (sulfide) groups is 1. The van der Waals surface area contributed by atoms with Crippen molar-refractivity contribution in [2.75, 3.05) is 12.3 Å². The van der Waals surface area contributed by atoms with E-state index in [2.05, 4.69) is 55.7 Å². The number of amides is 1. The second-order valence-corrected chi connectivity index (χ2v) is 6.07. The molecular weight excluding hydrogens is 268 g/mol. The monoisotopic (exact) mass is 294 g/mol. The quantitative estimate of drug-likeness (QED) is 0.722. The molecule has 2 unspecified atom stereocenters. The summed E-state index contributed by atoms with van der Waals surface area (Å²) in [5, 5.41) is 6.38. The van der Waals surface area contributed by atoms with Crippen molar-refractivity contribution in [3.8, 4) is 0 Å². The number of hydrogen-bond acceptors (Lipinski definition) is 3. The van der Waals surface area contributed by atoms with E-state index in [1.54, 1.807) is 11.8 Å². The first-order chi connectivity index (χ1) is 9.56. The van der Waals surface area contributed by atoms with Crippen LogP contribution in [0.2, 0.25) is 0 Å². The van der Waals surface area contributed by atoms with Crippen molar-refractivity contribution >= 4 is 17.7 Å². The summed E-state index contributed by atoms with van der Waals surface area (Å²) in [4.78, 5) is 12.9. The maximum absolute atomic E-state index is 11.8. The average Bonchev–Trinajstić information content (AvgIpc) is 2.45. The number of hydrogen-bond donors (Lipinski definition) is 2. The van der Waals surface area contributed by atoms with Crippen molar-refractivity contribution in [2.24, 2.45) is 0 Å². The highest BCUT2D eigenvalue weighted by atomic mass is 32.2. The van der Waals surface area contributed by atoms with Crippen LogP contribution in [-0.2, 0) is 4.79 Å². The van der Waals surface area contributed by atoms with E-state index in [1.165, 1.54) is 5.56 Å². The lowest BCUT2D eigenvalue weighted by molar-refractivity contribution is -0.119. The fourth-order valence-corrected chi connectivity index (χ4v) is 2.64. The Balaban J connectivity index is 2.52. The van der Waals surface area contributed by atoms with Crippen LogP contribution in [0.3, 0.4) is 0 Å². The summed E-state index contributed by atoms with van der Waals surface area (Å²) in [6.07, 6.45) is 0.964. The summed E-state index contributed by atoms with van der Waals surface area (Å²) < 4.78 is 0. The lowest BCUT2D eigenvalue weighted by Crippen LogP contribution is -2.33. The van der Waals surface area contributed by atoms with Gasteiger partial charge in [-0.2, -0.15) is 0 Å². The van der Waals surface area contributed by atoms with Crippen LogP contribution >= 0.6 is 11.8 Å². The van der Waals surface area contributed by atoms with Crippen LogP contribution in [0, 0.1) is 0 Å². The molecule has 0 saturated heterocycles. The van der Waals surface area contributed by atoms with Gasteiger partial charge in [0.15, 0.2) is 0 Å². The van der Waals surface area contributed by atoms with Crippen LogP contribution in [0.25, 0.3) is 0 Å². The van der Waals surface area contributed by atoms with Crippen LogP contribution in [0.5, 0.6) is 0 Å². The third-order valence-electron chi connectivity index (χ3n) is 3.26. The van der Waals surface area contributed by atoms with E-state index in [4.69, 9.17) is 0 Å². The molecular formula is C16H26N2OS. The Morgan fingerprint density at radius 3 is 2.70 bits per heavy atom. The third-order valence-corrected chi connectivity index (χ3v) is 4.25. The average molecular weight is 294 g/mol. The number of nitrogens with one attached hydrogen (secondary N) is 2. The van der Waals surface area contributed by atoms with Crippen LogP contribution < -0.4 is 10.6 Å². The summed E-state index contributed by atoms with van der Waals surface area (Å²) in [6.45, 7) is 9.32. The summed E-state index contributed by atoms with van der Waals surface area (Å²) in [7, 11) is 0. The molecule has 1 aromatic carbocycles. The van der Waals surface area contributed by atoms with E-state index in [-0.39, 0.29) is 11.9 Å². The zero-order valence-electron chi connectivity index (χ0n) is 12.9. The van der Waals surface area contributed by atoms with Gasteiger partial charge < -0.3 is 10.6 Å². The van der Waals surface area contributed by atoms with Gasteiger partial charge in [-0.1, -0.05) is 26.0 Å². The molecule has 0 aliphatic heterocycles. The second-order valence-electron chi connectivity index (χ2n) is 5.02. The fraction of sp³-hybridized carbons (Fsp3) is 0.562. The van der Waals surface area contributed by atoms with Gasteiger partial charge in [0.05, 0.1) is 5.75 Å². The van der Waals surface area contributed by atoms with E-state index < -0.39 is 0 Å². The van der Waals surface area contributed by atoms with E-state index >= 15 is 0 Å². The lowest BCUT2D eigenvalue weighted by atomic mass is 10.1. The third kappa shape index (κ3) is 5.97. The van der Waals surface area contributed by atoms with Crippen LogP contribution in [-0.4, -0.2) is 24.2 Å². The van der Waals surface area contributed by atoms with Gasteiger partial charge in [-0.15, -0.1) is 11.8 Å². The highest BCUT2D eigenvalue weighted by Gasteiger charge is 2.08. The van der Waals surface area contributed by atoms with Gasteiger partial charge in [-0.05, 0) is 44.5 Å². The fourth-order valence-electron chi connectivity index (χ4n) is 1.87. The summed E-state index contributed by atoms with van der Waals surface area (Å²) in [5.74, 6) is 0.582. The van der Waals surface area contributed by atoms with Crippen LogP contribution in [0.1, 0.15) is 45.7 Å². The van der Waals surface area contributed by atoms with Crippen LogP contribution in [0.15, 0.2) is 29.2 Å². The lowest BCUT2D eigenvalue weighted by Gasteiger charge is -2.14. The number of carbonyl (C=O) groups is 1. The second kappa shape index (κ2) is 9.03. The van der Waals surface area contributed by atoms with E-state index in [0.717, 1.165) is 17.9 Å². The molecule has 0 heterocycles. The Morgan fingerprint density at radius 2 is 2.05 bits per heavy atom. The molecule has 0 aromatic heterocycles. The Kier molecular flexibility index (Phi) is 7.70. The van der Waals surface area contributed by atoms with Crippen molar-refractivity contribution in [2.45, 2.75) is 51.1 Å². The molecule has 0 bridgehead atoms. The molecule has 4 heteroatoms. The van der Waals surface area contributed by atoms with Crippen LogP contribution in [0.4, 0.5) is 0 Å². The summed E-state index contributed by atoms with van der Waals surface area (Å²) in [6, 6.07) is 8.99. The largest absolute Gasteiger partial charge is 0.353 e. The minimum absolute atomic E-state index is 0.106. The predicted molar refractivity (Wildman–Crippen MR) is 87.2 cm³/mol. The molecule has 0 aliphatic rings. The molecule has 0 saturated carbocycles. The molecule has 0 aliphatic carbocycles. The number of rotatable bonds is 8. The maximum Gasteiger partial charge on any atom is 0.230 e. The van der Waals surface area contributed by atoms with Gasteiger partial charge in [0.1, 0.15) is 0 Å². The number of carbonyl (C=O) groups excluding carboxylic acids is 1. The Hall–Kier alpha value is -1.00. The molecule has 1 aromatic rings. The van der Waals surface area contributed by atoms with Crippen molar-refractivity contribution in [1.82, 2.24) is 10.6 Å². The zero-order chi connectivity index (χ0) is 15.0. The van der Waals surface area contributed by atoms with E-state index in [9.17, 15) is 4.79 Å². The molecule has 2 atom stereocenters. The highest BCUT2D eigenvalue weighted by molar-refractivity contribution is 8.00. The molecule has 0 radical (unpaired) electrons. The first kappa shape index (κ1) is 17.1. The summed E-state index contributed by atoms with van der Waals surface area (Å²) in [5.41, 5.74) is 1.26. The minimum Gasteiger partial charge on any atom is -0.353 e. The van der Waals surface area contributed by atoms with Gasteiger partial charge in [-0.25, -0.2) is 0 Å². The Morgan fingerprint density at radius 1 is 1.30 bits per heavy atom. The Bertz CT molecular complexity index is 423. The number of benzene rings is 1. The minimum atomic E-state index is 0.106. The van der Waals surface area contributed by atoms with Crippen molar-refractivity contribution in [1.29, 1.82) is 0 Å². The SMILES string of the molecule is CCNC(C)c1cccc(SCC(=O)NC(C)CC)c1. The topological polar surface area (TPSA) is 41.1 Å². The summed E-state index contributed by atoms with van der Waals surface area (Å²) >= 11 is 1.59. The van der Waals surface area contributed by atoms with Gasteiger partial charge in [0.25, 0.3) is 0 Å². The van der Waals surface area contributed by atoms with E-state index in [0.29, 0.717) is 11.8 Å². The molecule has 0 fully saturated rings. The molecule has 3 nitrogen and oxygen atoms in total. The predicted octanol–water partition coefficient (Wildman–Crippen LogP) is 3.36. The zero-order valence-corrected chi connectivity index (χ0v) is 13.7. The molecule has 112 valence electrons.